The van der Waals surface area contributed by atoms with E-state index < -0.39 is 5.82 Å². The minimum Gasteiger partial charge on any atom is -0.494 e. The number of nitrogens with two attached hydrogens (primary N) is 1. The van der Waals surface area contributed by atoms with Gasteiger partial charge in [0.2, 0.25) is 0 Å². The van der Waals surface area contributed by atoms with Gasteiger partial charge in [0.1, 0.15) is 0 Å². The molecule has 0 unspecified atom stereocenters. The second-order valence-electron chi connectivity index (χ2n) is 4.27. The van der Waals surface area contributed by atoms with Gasteiger partial charge in [-0.15, -0.1) is 0 Å². The zero-order valence-electron chi connectivity index (χ0n) is 10.5. The van der Waals surface area contributed by atoms with Crippen LogP contribution >= 0.6 is 0 Å². The van der Waals surface area contributed by atoms with E-state index in [-0.39, 0.29) is 17.7 Å². The number of hydrogen-bond donors (Lipinski definition) is 1. The summed E-state index contributed by atoms with van der Waals surface area (Å²) in [6, 6.07) is 4.70. The van der Waals surface area contributed by atoms with Crippen molar-refractivity contribution in [2.45, 2.75) is 19.8 Å². The Balaban J connectivity index is 2.51. The van der Waals surface area contributed by atoms with Crippen molar-refractivity contribution in [2.24, 2.45) is 0 Å². The molecule has 0 aliphatic rings. The summed E-state index contributed by atoms with van der Waals surface area (Å²) < 4.78 is 23.9. The number of rotatable bonds is 3. The molecular weight excluding hydrogens is 235 g/mol. The molecule has 0 saturated heterocycles. The summed E-state index contributed by atoms with van der Waals surface area (Å²) >= 11 is 0. The molecule has 0 atom stereocenters. The van der Waals surface area contributed by atoms with E-state index in [0.717, 1.165) is 5.69 Å². The normalized spacial score (nSPS) is 10.9. The van der Waals surface area contributed by atoms with Crippen molar-refractivity contribution in [3.8, 4) is 17.1 Å². The van der Waals surface area contributed by atoms with Crippen LogP contribution in [-0.4, -0.2) is 12.1 Å². The van der Waals surface area contributed by atoms with Crippen LogP contribution in [0.2, 0.25) is 0 Å². The summed E-state index contributed by atoms with van der Waals surface area (Å²) in [5.74, 6) is 0.396. The summed E-state index contributed by atoms with van der Waals surface area (Å²) in [4.78, 5) is 4.12. The van der Waals surface area contributed by atoms with Crippen molar-refractivity contribution in [1.29, 1.82) is 0 Å². The van der Waals surface area contributed by atoms with Gasteiger partial charge >= 0.3 is 0 Å². The number of anilines is 1. The molecule has 1 heterocycles. The molecule has 0 radical (unpaired) electrons. The second kappa shape index (κ2) is 4.68. The van der Waals surface area contributed by atoms with Crippen LogP contribution in [0.15, 0.2) is 22.6 Å². The van der Waals surface area contributed by atoms with Gasteiger partial charge in [-0.25, -0.2) is 4.39 Å². The fourth-order valence-corrected chi connectivity index (χ4v) is 1.75. The second-order valence-corrected chi connectivity index (χ2v) is 4.27. The summed E-state index contributed by atoms with van der Waals surface area (Å²) in [6.45, 7) is 3.95. The van der Waals surface area contributed by atoms with Gasteiger partial charge in [-0.05, 0) is 24.1 Å². The van der Waals surface area contributed by atoms with E-state index in [4.69, 9.17) is 14.9 Å². The largest absolute Gasteiger partial charge is 0.494 e. The van der Waals surface area contributed by atoms with Crippen LogP contribution in [-0.2, 0) is 0 Å². The van der Waals surface area contributed by atoms with Gasteiger partial charge in [0.15, 0.2) is 17.3 Å². The Morgan fingerprint density at radius 2 is 2.11 bits per heavy atom. The van der Waals surface area contributed by atoms with Gasteiger partial charge in [0.05, 0.1) is 12.8 Å². The third-order valence-corrected chi connectivity index (χ3v) is 2.63. The van der Waals surface area contributed by atoms with Crippen molar-refractivity contribution in [3.63, 3.8) is 0 Å². The fourth-order valence-electron chi connectivity index (χ4n) is 1.75. The van der Waals surface area contributed by atoms with Gasteiger partial charge in [-0.3, -0.25) is 0 Å². The van der Waals surface area contributed by atoms with Crippen molar-refractivity contribution in [2.75, 3.05) is 12.8 Å². The molecular formula is C13H15FN2O2. The van der Waals surface area contributed by atoms with E-state index in [9.17, 15) is 4.39 Å². The van der Waals surface area contributed by atoms with E-state index >= 15 is 0 Å². The quantitative estimate of drug-likeness (QED) is 0.908. The third kappa shape index (κ3) is 2.16. The molecule has 1 aromatic heterocycles. The van der Waals surface area contributed by atoms with Gasteiger partial charge < -0.3 is 14.9 Å². The molecule has 2 aromatic rings. The number of methoxy groups -OCH3 is 1. The van der Waals surface area contributed by atoms with E-state index in [2.05, 4.69) is 4.98 Å². The van der Waals surface area contributed by atoms with Crippen molar-refractivity contribution in [1.82, 2.24) is 4.98 Å². The number of halogens is 1. The Morgan fingerprint density at radius 3 is 2.67 bits per heavy atom. The molecule has 0 fully saturated rings. The molecule has 0 amide bonds. The minimum absolute atomic E-state index is 0.0879. The van der Waals surface area contributed by atoms with Crippen molar-refractivity contribution in [3.05, 3.63) is 29.7 Å². The molecule has 2 rings (SSSR count). The van der Waals surface area contributed by atoms with E-state index in [0.29, 0.717) is 11.3 Å². The van der Waals surface area contributed by atoms with Gasteiger partial charge in [0, 0.05) is 5.56 Å². The number of nitrogen functional groups attached to an aromatic ring is 1. The highest BCUT2D eigenvalue weighted by atomic mass is 19.1. The first-order valence-electron chi connectivity index (χ1n) is 5.63. The first-order valence-corrected chi connectivity index (χ1v) is 5.63. The van der Waals surface area contributed by atoms with Crippen LogP contribution in [0.3, 0.4) is 0 Å². The molecule has 0 spiro atoms. The number of nitrogens with zero attached hydrogens (tertiary/aromatic N) is 1. The summed E-state index contributed by atoms with van der Waals surface area (Å²) in [6.07, 6.45) is 0. The van der Waals surface area contributed by atoms with E-state index in [1.807, 2.05) is 13.8 Å². The Hall–Kier alpha value is -2.04. The average molecular weight is 250 g/mol. The lowest BCUT2D eigenvalue weighted by atomic mass is 10.0. The van der Waals surface area contributed by atoms with E-state index in [1.165, 1.54) is 13.2 Å². The Labute approximate surface area is 105 Å². The Bertz CT molecular complexity index is 564. The first kappa shape index (κ1) is 12.4. The molecule has 96 valence electrons. The zero-order chi connectivity index (χ0) is 13.3. The maximum atomic E-state index is 13.7. The standard InChI is InChI=1S/C13H15FN2O2/c1-7(2)11-12(18-13(15)16-11)8-4-5-10(17-3)9(14)6-8/h4-7H,1-3H3,(H2,15,16). The summed E-state index contributed by atoms with van der Waals surface area (Å²) in [5.41, 5.74) is 6.87. The van der Waals surface area contributed by atoms with Crippen LogP contribution in [0, 0.1) is 5.82 Å². The number of hydrogen-bond acceptors (Lipinski definition) is 4. The molecule has 0 saturated carbocycles. The molecule has 0 aliphatic carbocycles. The minimum atomic E-state index is -0.445. The molecule has 5 heteroatoms. The predicted molar refractivity (Wildman–Crippen MR) is 67.0 cm³/mol. The SMILES string of the molecule is COc1ccc(-c2oc(N)nc2C(C)C)cc1F. The lowest BCUT2D eigenvalue weighted by Crippen LogP contribution is -1.93. The maximum absolute atomic E-state index is 13.7. The Kier molecular flexibility index (Phi) is 3.23. The van der Waals surface area contributed by atoms with Gasteiger partial charge in [-0.2, -0.15) is 4.98 Å². The summed E-state index contributed by atoms with van der Waals surface area (Å²) in [7, 11) is 1.42. The maximum Gasteiger partial charge on any atom is 0.292 e. The Morgan fingerprint density at radius 1 is 1.39 bits per heavy atom. The van der Waals surface area contributed by atoms with Crippen LogP contribution in [0.1, 0.15) is 25.5 Å². The highest BCUT2D eigenvalue weighted by Crippen LogP contribution is 2.32. The molecule has 0 bridgehead atoms. The number of oxazole rings is 1. The number of benzene rings is 1. The predicted octanol–water partition coefficient (Wildman–Crippen LogP) is 3.19. The topological polar surface area (TPSA) is 61.3 Å². The lowest BCUT2D eigenvalue weighted by molar-refractivity contribution is 0.386. The smallest absolute Gasteiger partial charge is 0.292 e. The summed E-state index contributed by atoms with van der Waals surface area (Å²) in [5, 5.41) is 0. The van der Waals surface area contributed by atoms with Gasteiger partial charge in [-0.1, -0.05) is 13.8 Å². The molecule has 0 aliphatic heterocycles. The zero-order valence-corrected chi connectivity index (χ0v) is 10.5. The van der Waals surface area contributed by atoms with Crippen LogP contribution in [0.5, 0.6) is 5.75 Å². The molecule has 2 N–H and O–H groups in total. The average Bonchev–Trinajstić information content (AvgIpc) is 2.71. The lowest BCUT2D eigenvalue weighted by Gasteiger charge is -2.06. The first-order chi connectivity index (χ1) is 8.52. The molecule has 4 nitrogen and oxygen atoms in total. The number of ether oxygens (including phenoxy) is 1. The highest BCUT2D eigenvalue weighted by Gasteiger charge is 2.17. The van der Waals surface area contributed by atoms with Crippen LogP contribution < -0.4 is 10.5 Å². The van der Waals surface area contributed by atoms with Crippen molar-refractivity contribution >= 4 is 6.01 Å². The number of aromatic nitrogens is 1. The fraction of sp³-hybridized carbons (Fsp3) is 0.308. The van der Waals surface area contributed by atoms with Crippen LogP contribution in [0.25, 0.3) is 11.3 Å². The highest BCUT2D eigenvalue weighted by molar-refractivity contribution is 5.62. The molecule has 18 heavy (non-hydrogen) atoms. The van der Waals surface area contributed by atoms with Crippen molar-refractivity contribution < 1.29 is 13.5 Å². The monoisotopic (exact) mass is 250 g/mol. The van der Waals surface area contributed by atoms with Gasteiger partial charge in [0.25, 0.3) is 6.01 Å². The van der Waals surface area contributed by atoms with E-state index in [1.54, 1.807) is 12.1 Å². The molecule has 1 aromatic carbocycles. The van der Waals surface area contributed by atoms with Crippen LogP contribution in [0.4, 0.5) is 10.4 Å². The third-order valence-electron chi connectivity index (χ3n) is 2.63.